The van der Waals surface area contributed by atoms with Crippen LogP contribution in [0.5, 0.6) is 0 Å². The lowest BCUT2D eigenvalue weighted by molar-refractivity contribution is -0.149. The maximum Gasteiger partial charge on any atom is 0.237 e. The van der Waals surface area contributed by atoms with E-state index in [1.54, 1.807) is 0 Å². The Labute approximate surface area is 109 Å². The van der Waals surface area contributed by atoms with Crippen LogP contribution >= 0.6 is 0 Å². The van der Waals surface area contributed by atoms with Crippen molar-refractivity contribution in [2.24, 2.45) is 23.7 Å². The predicted molar refractivity (Wildman–Crippen MR) is 70.0 cm³/mol. The third-order valence-electron chi connectivity index (χ3n) is 5.98. The summed E-state index contributed by atoms with van der Waals surface area (Å²) in [5.41, 5.74) is 0. The molecule has 1 heterocycles. The molecule has 1 saturated heterocycles. The van der Waals surface area contributed by atoms with Crippen LogP contribution in [0.15, 0.2) is 0 Å². The van der Waals surface area contributed by atoms with Crippen LogP contribution in [-0.4, -0.2) is 36.0 Å². The highest BCUT2D eigenvalue weighted by Gasteiger charge is 2.52. The van der Waals surface area contributed by atoms with Gasteiger partial charge in [-0.3, -0.25) is 4.79 Å². The number of nitrogens with zero attached hydrogens (tertiary/aromatic N) is 1. The van der Waals surface area contributed by atoms with Gasteiger partial charge in [0.05, 0.1) is 6.54 Å². The zero-order valence-corrected chi connectivity index (χ0v) is 11.3. The van der Waals surface area contributed by atoms with E-state index < -0.39 is 0 Å². The average Bonchev–Trinajstić information content (AvgIpc) is 2.31. The lowest BCUT2D eigenvalue weighted by Crippen LogP contribution is -2.64. The van der Waals surface area contributed by atoms with Gasteiger partial charge in [-0.15, -0.1) is 0 Å². The van der Waals surface area contributed by atoms with Gasteiger partial charge in [0.1, 0.15) is 0 Å². The second-order valence-corrected chi connectivity index (χ2v) is 7.20. The lowest BCUT2D eigenvalue weighted by Gasteiger charge is -2.58. The van der Waals surface area contributed by atoms with Gasteiger partial charge in [-0.1, -0.05) is 0 Å². The zero-order valence-electron chi connectivity index (χ0n) is 11.3. The molecule has 4 saturated carbocycles. The molecule has 0 aromatic heterocycles. The van der Waals surface area contributed by atoms with Crippen LogP contribution in [0, 0.1) is 23.7 Å². The van der Waals surface area contributed by atoms with Gasteiger partial charge >= 0.3 is 0 Å². The molecule has 18 heavy (non-hydrogen) atoms. The van der Waals surface area contributed by atoms with Crippen molar-refractivity contribution in [3.8, 4) is 0 Å². The Hall–Kier alpha value is -0.570. The maximum absolute atomic E-state index is 12.3. The van der Waals surface area contributed by atoms with Crippen LogP contribution in [-0.2, 0) is 4.79 Å². The summed E-state index contributed by atoms with van der Waals surface area (Å²) >= 11 is 0. The minimum absolute atomic E-state index is 0.353. The van der Waals surface area contributed by atoms with E-state index in [4.69, 9.17) is 0 Å². The molecule has 0 radical (unpaired) electrons. The van der Waals surface area contributed by atoms with Crippen molar-refractivity contribution in [1.29, 1.82) is 0 Å². The first kappa shape index (κ1) is 11.3. The van der Waals surface area contributed by atoms with Crippen molar-refractivity contribution in [2.75, 3.05) is 13.1 Å². The van der Waals surface area contributed by atoms with Crippen LogP contribution in [0.1, 0.15) is 39.0 Å². The van der Waals surface area contributed by atoms with E-state index in [0.29, 0.717) is 24.5 Å². The molecule has 1 atom stereocenters. The molecule has 3 nitrogen and oxygen atoms in total. The standard InChI is InChI=1S/C15H24N2O/c1-9-7-16-8-14(18)17(9)15-12-3-10-2-11(5-12)6-13(15)4-10/h9-13,15-16H,2-8H2,1H3. The first-order chi connectivity index (χ1) is 8.72. The fraction of sp³-hybridized carbons (Fsp3) is 0.933. The minimum atomic E-state index is 0.353. The van der Waals surface area contributed by atoms with Crippen molar-refractivity contribution in [3.63, 3.8) is 0 Å². The summed E-state index contributed by atoms with van der Waals surface area (Å²) in [5, 5.41) is 3.25. The smallest absolute Gasteiger partial charge is 0.237 e. The summed E-state index contributed by atoms with van der Waals surface area (Å²) in [6.45, 7) is 3.76. The largest absolute Gasteiger partial charge is 0.334 e. The number of hydrogen-bond donors (Lipinski definition) is 1. The normalized spacial score (nSPS) is 50.9. The predicted octanol–water partition coefficient (Wildman–Crippen LogP) is 1.63. The Morgan fingerprint density at radius 3 is 2.22 bits per heavy atom. The molecule has 1 aliphatic heterocycles. The van der Waals surface area contributed by atoms with Gasteiger partial charge < -0.3 is 10.2 Å². The first-order valence-corrected chi connectivity index (χ1v) is 7.74. The third kappa shape index (κ3) is 1.56. The Balaban J connectivity index is 1.62. The molecular formula is C15H24N2O. The van der Waals surface area contributed by atoms with Crippen molar-refractivity contribution < 1.29 is 4.79 Å². The molecule has 1 unspecified atom stereocenters. The van der Waals surface area contributed by atoms with Gasteiger partial charge in [0.2, 0.25) is 5.91 Å². The highest BCUT2D eigenvalue weighted by atomic mass is 16.2. The summed E-state index contributed by atoms with van der Waals surface area (Å²) in [7, 11) is 0. The molecular weight excluding hydrogens is 224 g/mol. The van der Waals surface area contributed by atoms with E-state index in [1.807, 2.05) is 0 Å². The molecule has 5 aliphatic rings. The molecule has 100 valence electrons. The molecule has 5 rings (SSSR count). The number of hydrogen-bond acceptors (Lipinski definition) is 2. The number of carbonyl (C=O) groups is 1. The van der Waals surface area contributed by atoms with Crippen LogP contribution in [0.2, 0.25) is 0 Å². The zero-order chi connectivity index (χ0) is 12.3. The summed E-state index contributed by atoms with van der Waals surface area (Å²) in [6.07, 6.45) is 7.11. The van der Waals surface area contributed by atoms with Gasteiger partial charge in [-0.05, 0) is 62.7 Å². The highest BCUT2D eigenvalue weighted by molar-refractivity contribution is 5.79. The van der Waals surface area contributed by atoms with E-state index in [0.717, 1.165) is 30.2 Å². The fourth-order valence-corrected chi connectivity index (χ4v) is 5.63. The van der Waals surface area contributed by atoms with Gasteiger partial charge in [0.25, 0.3) is 0 Å². The summed E-state index contributed by atoms with van der Waals surface area (Å²) in [6, 6.07) is 0.983. The fourth-order valence-electron chi connectivity index (χ4n) is 5.63. The molecule has 3 heteroatoms. The van der Waals surface area contributed by atoms with Crippen LogP contribution in [0.3, 0.4) is 0 Å². The van der Waals surface area contributed by atoms with E-state index in [-0.39, 0.29) is 0 Å². The Kier molecular flexibility index (Phi) is 2.48. The second-order valence-electron chi connectivity index (χ2n) is 7.20. The van der Waals surface area contributed by atoms with E-state index in [1.165, 1.54) is 32.1 Å². The maximum atomic E-state index is 12.3. The van der Waals surface area contributed by atoms with Crippen molar-refractivity contribution in [2.45, 2.75) is 51.1 Å². The van der Waals surface area contributed by atoms with Gasteiger partial charge in [0.15, 0.2) is 0 Å². The Bertz CT molecular complexity index is 340. The van der Waals surface area contributed by atoms with Crippen molar-refractivity contribution in [3.05, 3.63) is 0 Å². The molecule has 0 aromatic rings. The molecule has 0 spiro atoms. The van der Waals surface area contributed by atoms with Crippen LogP contribution < -0.4 is 5.32 Å². The van der Waals surface area contributed by atoms with Crippen molar-refractivity contribution in [1.82, 2.24) is 10.2 Å². The molecule has 4 aliphatic carbocycles. The third-order valence-corrected chi connectivity index (χ3v) is 5.98. The van der Waals surface area contributed by atoms with E-state index in [2.05, 4.69) is 17.1 Å². The van der Waals surface area contributed by atoms with Crippen molar-refractivity contribution >= 4 is 5.91 Å². The topological polar surface area (TPSA) is 32.3 Å². The van der Waals surface area contributed by atoms with Gasteiger partial charge in [0, 0.05) is 18.6 Å². The van der Waals surface area contributed by atoms with E-state index >= 15 is 0 Å². The first-order valence-electron chi connectivity index (χ1n) is 7.74. The molecule has 1 N–H and O–H groups in total. The highest BCUT2D eigenvalue weighted by Crippen LogP contribution is 2.55. The number of amides is 1. The lowest BCUT2D eigenvalue weighted by atomic mass is 9.53. The minimum Gasteiger partial charge on any atom is -0.334 e. The Morgan fingerprint density at radius 2 is 1.67 bits per heavy atom. The number of carbonyl (C=O) groups excluding carboxylic acids is 1. The molecule has 1 amide bonds. The monoisotopic (exact) mass is 248 g/mol. The molecule has 0 aromatic carbocycles. The molecule has 5 fully saturated rings. The summed E-state index contributed by atoms with van der Waals surface area (Å²) in [4.78, 5) is 14.6. The second kappa shape index (κ2) is 3.96. The summed E-state index contributed by atoms with van der Waals surface area (Å²) < 4.78 is 0. The van der Waals surface area contributed by atoms with E-state index in [9.17, 15) is 4.79 Å². The van der Waals surface area contributed by atoms with Crippen LogP contribution in [0.25, 0.3) is 0 Å². The Morgan fingerprint density at radius 1 is 1.06 bits per heavy atom. The summed E-state index contributed by atoms with van der Waals surface area (Å²) in [5.74, 6) is 4.00. The van der Waals surface area contributed by atoms with Gasteiger partial charge in [-0.25, -0.2) is 0 Å². The number of nitrogens with one attached hydrogen (secondary N) is 1. The number of piperazine rings is 1. The molecule has 4 bridgehead atoms. The van der Waals surface area contributed by atoms with Crippen LogP contribution in [0.4, 0.5) is 0 Å². The average molecular weight is 248 g/mol. The number of rotatable bonds is 1. The quantitative estimate of drug-likeness (QED) is 0.765. The van der Waals surface area contributed by atoms with Gasteiger partial charge in [-0.2, -0.15) is 0 Å². The SMILES string of the molecule is CC1CNCC(=O)N1C1C2CC3CC(C2)CC1C3.